The summed E-state index contributed by atoms with van der Waals surface area (Å²) in [5.41, 5.74) is 2.84. The number of aromatic nitrogens is 1. The zero-order valence-electron chi connectivity index (χ0n) is 16.9. The van der Waals surface area contributed by atoms with E-state index in [0.29, 0.717) is 19.0 Å². The minimum atomic E-state index is -0.370. The van der Waals surface area contributed by atoms with E-state index in [1.165, 1.54) is 6.92 Å². The number of pyridine rings is 1. The van der Waals surface area contributed by atoms with Crippen molar-refractivity contribution in [3.05, 3.63) is 95.7 Å². The summed E-state index contributed by atoms with van der Waals surface area (Å²) >= 11 is 0. The molecule has 1 heterocycles. The Morgan fingerprint density at radius 2 is 1.67 bits per heavy atom. The lowest BCUT2D eigenvalue weighted by atomic mass is 10.0. The van der Waals surface area contributed by atoms with Crippen molar-refractivity contribution < 1.29 is 14.3 Å². The van der Waals surface area contributed by atoms with Gasteiger partial charge in [-0.2, -0.15) is 0 Å². The fraction of sp³-hybridized carbons (Fsp3) is 0.208. The van der Waals surface area contributed by atoms with Crippen LogP contribution in [0.3, 0.4) is 0 Å². The average Bonchev–Trinajstić information content (AvgIpc) is 2.77. The van der Waals surface area contributed by atoms with Crippen LogP contribution in [0.2, 0.25) is 0 Å². The van der Waals surface area contributed by atoms with Crippen LogP contribution in [-0.4, -0.2) is 16.8 Å². The molecule has 154 valence electrons. The van der Waals surface area contributed by atoms with Crippen molar-refractivity contribution in [2.75, 3.05) is 0 Å². The number of benzene rings is 2. The third kappa shape index (κ3) is 6.74. The van der Waals surface area contributed by atoms with Crippen LogP contribution < -0.4 is 15.4 Å². The van der Waals surface area contributed by atoms with Gasteiger partial charge < -0.3 is 15.4 Å². The van der Waals surface area contributed by atoms with Gasteiger partial charge in [-0.1, -0.05) is 60.7 Å². The predicted octanol–water partition coefficient (Wildman–Crippen LogP) is 3.54. The van der Waals surface area contributed by atoms with Crippen LogP contribution in [0.4, 0.5) is 0 Å². The number of amides is 2. The number of ether oxygens (including phenoxy) is 1. The van der Waals surface area contributed by atoms with Crippen LogP contribution in [0.15, 0.2) is 79.0 Å². The Morgan fingerprint density at radius 1 is 0.967 bits per heavy atom. The summed E-state index contributed by atoms with van der Waals surface area (Å²) in [6.07, 6.45) is 1.82. The van der Waals surface area contributed by atoms with Crippen LogP contribution >= 0.6 is 0 Å². The Bertz CT molecular complexity index is 962. The highest BCUT2D eigenvalue weighted by atomic mass is 16.5. The maximum absolute atomic E-state index is 12.5. The van der Waals surface area contributed by atoms with E-state index in [1.54, 1.807) is 6.20 Å². The molecule has 30 heavy (non-hydrogen) atoms. The van der Waals surface area contributed by atoms with Crippen LogP contribution in [0.1, 0.15) is 36.1 Å². The molecule has 0 aliphatic rings. The van der Waals surface area contributed by atoms with Gasteiger partial charge in [0.1, 0.15) is 6.61 Å². The lowest BCUT2D eigenvalue weighted by molar-refractivity contribution is -0.122. The van der Waals surface area contributed by atoms with Gasteiger partial charge in [0.25, 0.3) is 0 Å². The van der Waals surface area contributed by atoms with Gasteiger partial charge in [0.05, 0.1) is 12.5 Å². The normalized spacial score (nSPS) is 11.4. The highest BCUT2D eigenvalue weighted by molar-refractivity contribution is 5.79. The summed E-state index contributed by atoms with van der Waals surface area (Å²) in [4.78, 5) is 28.2. The second kappa shape index (κ2) is 10.8. The van der Waals surface area contributed by atoms with Crippen molar-refractivity contribution in [3.63, 3.8) is 0 Å². The molecule has 0 aliphatic heterocycles. The van der Waals surface area contributed by atoms with Gasteiger partial charge >= 0.3 is 0 Å². The summed E-state index contributed by atoms with van der Waals surface area (Å²) in [7, 11) is 0. The van der Waals surface area contributed by atoms with E-state index in [-0.39, 0.29) is 24.3 Å². The quantitative estimate of drug-likeness (QED) is 0.573. The molecule has 6 heteroatoms. The molecule has 1 unspecified atom stereocenters. The Labute approximate surface area is 176 Å². The molecule has 6 nitrogen and oxygen atoms in total. The first kappa shape index (κ1) is 21.0. The van der Waals surface area contributed by atoms with Gasteiger partial charge in [0.2, 0.25) is 17.7 Å². The van der Waals surface area contributed by atoms with Crippen molar-refractivity contribution >= 4 is 11.8 Å². The van der Waals surface area contributed by atoms with Gasteiger partial charge in [0, 0.05) is 25.7 Å². The van der Waals surface area contributed by atoms with E-state index < -0.39 is 0 Å². The van der Waals surface area contributed by atoms with Crippen molar-refractivity contribution in [1.29, 1.82) is 0 Å². The van der Waals surface area contributed by atoms with E-state index in [2.05, 4.69) is 15.6 Å². The molecular formula is C24H25N3O3. The molecule has 3 aromatic rings. The summed E-state index contributed by atoms with van der Waals surface area (Å²) in [6, 6.07) is 22.6. The lowest BCUT2D eigenvalue weighted by Gasteiger charge is -2.18. The number of nitrogens with zero attached hydrogens (tertiary/aromatic N) is 1. The van der Waals surface area contributed by atoms with Crippen molar-refractivity contribution in [2.45, 2.75) is 32.5 Å². The average molecular weight is 403 g/mol. The first-order valence-electron chi connectivity index (χ1n) is 9.80. The molecule has 2 aromatic carbocycles. The lowest BCUT2D eigenvalue weighted by Crippen LogP contribution is -2.32. The van der Waals surface area contributed by atoms with Gasteiger partial charge in [-0.15, -0.1) is 0 Å². The third-order valence-electron chi connectivity index (χ3n) is 4.49. The highest BCUT2D eigenvalue weighted by Crippen LogP contribution is 2.17. The Hall–Kier alpha value is -3.67. The minimum absolute atomic E-state index is 0.152. The number of carbonyl (C=O) groups is 2. The topological polar surface area (TPSA) is 80.3 Å². The Balaban J connectivity index is 1.54. The summed E-state index contributed by atoms with van der Waals surface area (Å²) in [5.74, 6) is 0.179. The van der Waals surface area contributed by atoms with E-state index in [1.807, 2.05) is 72.8 Å². The maximum Gasteiger partial charge on any atom is 0.222 e. The molecule has 1 atom stereocenters. The molecule has 0 bridgehead atoms. The van der Waals surface area contributed by atoms with Crippen molar-refractivity contribution in [2.24, 2.45) is 0 Å². The number of hydrogen-bond acceptors (Lipinski definition) is 4. The first-order chi connectivity index (χ1) is 14.6. The molecule has 0 radical (unpaired) electrons. The third-order valence-corrected chi connectivity index (χ3v) is 4.49. The molecule has 0 aliphatic carbocycles. The predicted molar refractivity (Wildman–Crippen MR) is 114 cm³/mol. The molecule has 0 saturated heterocycles. The van der Waals surface area contributed by atoms with Crippen LogP contribution in [0.5, 0.6) is 5.88 Å². The SMILES string of the molecule is CC(=O)NC(CC(=O)NCc1ccnc(OCc2ccccc2)c1)c1ccccc1. The van der Waals surface area contributed by atoms with Crippen LogP contribution in [-0.2, 0) is 22.7 Å². The zero-order valence-corrected chi connectivity index (χ0v) is 16.9. The van der Waals surface area contributed by atoms with E-state index in [9.17, 15) is 9.59 Å². The summed E-state index contributed by atoms with van der Waals surface area (Å²) in [5, 5.41) is 5.74. The van der Waals surface area contributed by atoms with Crippen molar-refractivity contribution in [3.8, 4) is 5.88 Å². The minimum Gasteiger partial charge on any atom is -0.473 e. The fourth-order valence-corrected chi connectivity index (χ4v) is 3.01. The first-order valence-corrected chi connectivity index (χ1v) is 9.80. The fourth-order valence-electron chi connectivity index (χ4n) is 3.01. The Kier molecular flexibility index (Phi) is 7.55. The maximum atomic E-state index is 12.5. The Morgan fingerprint density at radius 3 is 2.37 bits per heavy atom. The van der Waals surface area contributed by atoms with Crippen molar-refractivity contribution in [1.82, 2.24) is 15.6 Å². The van der Waals surface area contributed by atoms with E-state index in [0.717, 1.165) is 16.7 Å². The highest BCUT2D eigenvalue weighted by Gasteiger charge is 2.16. The summed E-state index contributed by atoms with van der Waals surface area (Å²) in [6.45, 7) is 2.23. The van der Waals surface area contributed by atoms with Crippen LogP contribution in [0.25, 0.3) is 0 Å². The number of hydrogen-bond donors (Lipinski definition) is 2. The smallest absolute Gasteiger partial charge is 0.222 e. The number of rotatable bonds is 9. The monoisotopic (exact) mass is 403 g/mol. The second-order valence-corrected chi connectivity index (χ2v) is 6.92. The molecule has 0 saturated carbocycles. The molecule has 1 aromatic heterocycles. The van der Waals surface area contributed by atoms with Crippen LogP contribution in [0, 0.1) is 0 Å². The molecule has 3 rings (SSSR count). The van der Waals surface area contributed by atoms with Gasteiger partial charge in [0.15, 0.2) is 0 Å². The standard InChI is InChI=1S/C24H25N3O3/c1-18(28)27-22(21-10-6-3-7-11-21)15-23(29)26-16-20-12-13-25-24(14-20)30-17-19-8-4-2-5-9-19/h2-14,22H,15-17H2,1H3,(H,26,29)(H,27,28). The van der Waals surface area contributed by atoms with E-state index in [4.69, 9.17) is 4.74 Å². The molecular weight excluding hydrogens is 378 g/mol. The molecule has 2 N–H and O–H groups in total. The van der Waals surface area contributed by atoms with E-state index >= 15 is 0 Å². The van der Waals surface area contributed by atoms with Gasteiger partial charge in [-0.05, 0) is 22.8 Å². The van der Waals surface area contributed by atoms with Gasteiger partial charge in [-0.25, -0.2) is 4.98 Å². The largest absolute Gasteiger partial charge is 0.473 e. The molecule has 0 fully saturated rings. The number of carbonyl (C=O) groups excluding carboxylic acids is 2. The van der Waals surface area contributed by atoms with Gasteiger partial charge in [-0.3, -0.25) is 9.59 Å². The molecule has 2 amide bonds. The number of nitrogens with one attached hydrogen (secondary N) is 2. The molecule has 0 spiro atoms. The zero-order chi connectivity index (χ0) is 21.2. The summed E-state index contributed by atoms with van der Waals surface area (Å²) < 4.78 is 5.73. The second-order valence-electron chi connectivity index (χ2n) is 6.92.